The van der Waals surface area contributed by atoms with Gasteiger partial charge in [0.1, 0.15) is 0 Å². The van der Waals surface area contributed by atoms with E-state index in [0.717, 1.165) is 37.2 Å². The van der Waals surface area contributed by atoms with Crippen molar-refractivity contribution in [1.29, 1.82) is 0 Å². The van der Waals surface area contributed by atoms with Crippen LogP contribution in [0.15, 0.2) is 12.4 Å². The van der Waals surface area contributed by atoms with E-state index in [0.29, 0.717) is 12.3 Å². The summed E-state index contributed by atoms with van der Waals surface area (Å²) in [5.74, 6) is 0.590. The van der Waals surface area contributed by atoms with Crippen molar-refractivity contribution in [3.05, 3.63) is 33.5 Å². The highest BCUT2D eigenvalue weighted by Gasteiger charge is 2.27. The molecule has 1 unspecified atom stereocenters. The summed E-state index contributed by atoms with van der Waals surface area (Å²) in [6, 6.07) is 0. The molecule has 118 valence electrons. The normalized spacial score (nSPS) is 18.7. The van der Waals surface area contributed by atoms with Crippen LogP contribution in [0.25, 0.3) is 0 Å². The Kier molecular flexibility index (Phi) is 4.29. The lowest BCUT2D eigenvalue weighted by atomic mass is 9.98. The van der Waals surface area contributed by atoms with Gasteiger partial charge in [-0.15, -0.1) is 11.3 Å². The first kappa shape index (κ1) is 15.2. The van der Waals surface area contributed by atoms with Crippen LogP contribution in [-0.2, 0) is 18.3 Å². The molecule has 0 bridgehead atoms. The second-order valence-electron chi connectivity index (χ2n) is 6.07. The molecule has 0 N–H and O–H groups in total. The Labute approximate surface area is 135 Å². The summed E-state index contributed by atoms with van der Waals surface area (Å²) in [5, 5.41) is 5.32. The molecule has 1 aliphatic heterocycles. The number of aromatic nitrogens is 3. The average Bonchev–Trinajstić information content (AvgIpc) is 3.05. The second kappa shape index (κ2) is 6.20. The van der Waals surface area contributed by atoms with Gasteiger partial charge < -0.3 is 4.90 Å². The maximum Gasteiger partial charge on any atom is 0.227 e. The molecule has 1 amide bonds. The molecule has 1 aliphatic rings. The van der Waals surface area contributed by atoms with Gasteiger partial charge in [-0.1, -0.05) is 0 Å². The van der Waals surface area contributed by atoms with Crippen LogP contribution in [0.5, 0.6) is 0 Å². The topological polar surface area (TPSA) is 51.0 Å². The second-order valence-corrected chi connectivity index (χ2v) is 7.31. The molecular weight excluding hydrogens is 296 g/mol. The molecule has 0 aliphatic carbocycles. The van der Waals surface area contributed by atoms with Crippen LogP contribution in [-0.4, -0.2) is 38.7 Å². The van der Waals surface area contributed by atoms with Gasteiger partial charge in [-0.25, -0.2) is 4.98 Å². The summed E-state index contributed by atoms with van der Waals surface area (Å²) in [4.78, 5) is 20.5. The molecule has 1 atom stereocenters. The lowest BCUT2D eigenvalue weighted by Crippen LogP contribution is -2.39. The molecule has 0 spiro atoms. The third kappa shape index (κ3) is 3.21. The molecule has 0 aromatic carbocycles. The van der Waals surface area contributed by atoms with E-state index in [4.69, 9.17) is 0 Å². The number of hydrogen-bond acceptors (Lipinski definition) is 4. The van der Waals surface area contributed by atoms with E-state index in [9.17, 15) is 4.79 Å². The zero-order valence-corrected chi connectivity index (χ0v) is 14.2. The van der Waals surface area contributed by atoms with E-state index in [-0.39, 0.29) is 5.91 Å². The van der Waals surface area contributed by atoms with E-state index in [2.05, 4.69) is 23.9 Å². The minimum atomic E-state index is 0.197. The van der Waals surface area contributed by atoms with Crippen molar-refractivity contribution in [2.24, 2.45) is 7.05 Å². The number of aryl methyl sites for hydroxylation is 3. The van der Waals surface area contributed by atoms with Crippen LogP contribution in [0, 0.1) is 13.8 Å². The Balaban J connectivity index is 1.66. The zero-order valence-electron chi connectivity index (χ0n) is 13.4. The van der Waals surface area contributed by atoms with Crippen molar-refractivity contribution < 1.29 is 4.79 Å². The molecule has 1 fully saturated rings. The number of carbonyl (C=O) groups is 1. The molecule has 1 saturated heterocycles. The predicted molar refractivity (Wildman–Crippen MR) is 87.1 cm³/mol. The molecule has 5 nitrogen and oxygen atoms in total. The smallest absolute Gasteiger partial charge is 0.227 e. The minimum Gasteiger partial charge on any atom is -0.342 e. The van der Waals surface area contributed by atoms with Gasteiger partial charge in [0.25, 0.3) is 0 Å². The number of rotatable bonds is 3. The van der Waals surface area contributed by atoms with Crippen molar-refractivity contribution in [3.63, 3.8) is 0 Å². The summed E-state index contributed by atoms with van der Waals surface area (Å²) in [5.41, 5.74) is 2.11. The van der Waals surface area contributed by atoms with Gasteiger partial charge in [-0.2, -0.15) is 5.10 Å². The van der Waals surface area contributed by atoms with Gasteiger partial charge in [-0.05, 0) is 32.3 Å². The Hall–Kier alpha value is -1.69. The lowest BCUT2D eigenvalue weighted by molar-refractivity contribution is -0.131. The largest absolute Gasteiger partial charge is 0.342 e. The van der Waals surface area contributed by atoms with Crippen LogP contribution in [0.2, 0.25) is 0 Å². The summed E-state index contributed by atoms with van der Waals surface area (Å²) >= 11 is 1.78. The molecule has 2 aromatic rings. The highest BCUT2D eigenvalue weighted by molar-refractivity contribution is 7.11. The van der Waals surface area contributed by atoms with E-state index in [1.165, 1.54) is 9.88 Å². The Morgan fingerprint density at radius 3 is 2.91 bits per heavy atom. The molecule has 3 rings (SSSR count). The monoisotopic (exact) mass is 318 g/mol. The molecule has 3 heterocycles. The van der Waals surface area contributed by atoms with Crippen LogP contribution >= 0.6 is 11.3 Å². The van der Waals surface area contributed by atoms with Gasteiger partial charge in [0.05, 0.1) is 23.3 Å². The highest BCUT2D eigenvalue weighted by atomic mass is 32.1. The first-order chi connectivity index (χ1) is 10.5. The number of carbonyl (C=O) groups excluding carboxylic acids is 1. The summed E-state index contributed by atoms with van der Waals surface area (Å²) in [7, 11) is 1.87. The molecule has 22 heavy (non-hydrogen) atoms. The van der Waals surface area contributed by atoms with Crippen LogP contribution in [0.3, 0.4) is 0 Å². The molecular formula is C16H22N4OS. The van der Waals surface area contributed by atoms with Gasteiger partial charge >= 0.3 is 0 Å². The lowest BCUT2D eigenvalue weighted by Gasteiger charge is -2.31. The Bertz CT molecular complexity index is 656. The van der Waals surface area contributed by atoms with Crippen LogP contribution in [0.4, 0.5) is 0 Å². The number of hydrogen-bond donors (Lipinski definition) is 0. The molecule has 2 aromatic heterocycles. The van der Waals surface area contributed by atoms with Gasteiger partial charge in [0.15, 0.2) is 0 Å². The summed E-state index contributed by atoms with van der Waals surface area (Å²) in [6.45, 7) is 5.83. The van der Waals surface area contributed by atoms with E-state index >= 15 is 0 Å². The molecule has 0 radical (unpaired) electrons. The summed E-state index contributed by atoms with van der Waals surface area (Å²) < 4.78 is 1.74. The van der Waals surface area contributed by atoms with E-state index < -0.39 is 0 Å². The van der Waals surface area contributed by atoms with Gasteiger partial charge in [0, 0.05) is 37.1 Å². The van der Waals surface area contributed by atoms with Crippen molar-refractivity contribution in [2.75, 3.05) is 13.1 Å². The fraction of sp³-hybridized carbons (Fsp3) is 0.562. The first-order valence-electron chi connectivity index (χ1n) is 7.72. The molecule has 0 saturated carbocycles. The SMILES string of the molecule is Cc1nc(C2CCCN(C(=O)Cc3cnn(C)c3)C2)sc1C. The maximum absolute atomic E-state index is 12.5. The third-order valence-corrected chi connectivity index (χ3v) is 5.52. The van der Waals surface area contributed by atoms with Gasteiger partial charge in [-0.3, -0.25) is 9.48 Å². The number of amides is 1. The molecule has 6 heteroatoms. The number of thiazole rings is 1. The predicted octanol–water partition coefficient (Wildman–Crippen LogP) is 2.44. The fourth-order valence-corrected chi connectivity index (χ4v) is 3.98. The Morgan fingerprint density at radius 2 is 2.27 bits per heavy atom. The zero-order chi connectivity index (χ0) is 15.7. The van der Waals surface area contributed by atoms with Crippen LogP contribution < -0.4 is 0 Å². The van der Waals surface area contributed by atoms with Gasteiger partial charge in [0.2, 0.25) is 5.91 Å². The minimum absolute atomic E-state index is 0.197. The highest BCUT2D eigenvalue weighted by Crippen LogP contribution is 2.31. The number of likely N-dealkylation sites (tertiary alicyclic amines) is 1. The van der Waals surface area contributed by atoms with E-state index in [1.54, 1.807) is 22.2 Å². The average molecular weight is 318 g/mol. The summed E-state index contributed by atoms with van der Waals surface area (Å²) in [6.07, 6.45) is 6.31. The van der Waals surface area contributed by atoms with Crippen molar-refractivity contribution in [1.82, 2.24) is 19.7 Å². The maximum atomic E-state index is 12.5. The standard InChI is InChI=1S/C16H22N4OS/c1-11-12(2)22-16(18-11)14-5-4-6-20(10-14)15(21)7-13-8-17-19(3)9-13/h8-9,14H,4-7,10H2,1-3H3. The van der Waals surface area contributed by atoms with Crippen molar-refractivity contribution >= 4 is 17.2 Å². The first-order valence-corrected chi connectivity index (χ1v) is 8.54. The van der Waals surface area contributed by atoms with Crippen LogP contribution in [0.1, 0.15) is 39.9 Å². The van der Waals surface area contributed by atoms with Crippen molar-refractivity contribution in [2.45, 2.75) is 39.0 Å². The third-order valence-electron chi connectivity index (χ3n) is 4.28. The Morgan fingerprint density at radius 1 is 1.45 bits per heavy atom. The van der Waals surface area contributed by atoms with E-state index in [1.807, 2.05) is 18.1 Å². The fourth-order valence-electron chi connectivity index (χ4n) is 2.93. The van der Waals surface area contributed by atoms with Crippen molar-refractivity contribution in [3.8, 4) is 0 Å². The number of nitrogens with zero attached hydrogens (tertiary/aromatic N) is 4. The quantitative estimate of drug-likeness (QED) is 0.873. The number of piperidine rings is 1.